The minimum atomic E-state index is -4.49. The fraction of sp³-hybridized carbons (Fsp3) is 0.235. The van der Waals surface area contributed by atoms with Crippen LogP contribution in [0.3, 0.4) is 0 Å². The second kappa shape index (κ2) is 6.91. The minimum absolute atomic E-state index is 0.0585. The Morgan fingerprint density at radius 1 is 1.15 bits per heavy atom. The van der Waals surface area contributed by atoms with Gasteiger partial charge in [0, 0.05) is 13.0 Å². The Morgan fingerprint density at radius 3 is 2.42 bits per heavy atom. The summed E-state index contributed by atoms with van der Waals surface area (Å²) in [5.74, 6) is -2.11. The first-order chi connectivity index (χ1) is 12.3. The van der Waals surface area contributed by atoms with Gasteiger partial charge in [0.25, 0.3) is 10.0 Å². The van der Waals surface area contributed by atoms with Crippen LogP contribution in [0.15, 0.2) is 41.3 Å². The number of amides is 1. The van der Waals surface area contributed by atoms with E-state index in [0.29, 0.717) is 30.8 Å². The van der Waals surface area contributed by atoms with Gasteiger partial charge in [-0.15, -0.1) is 0 Å². The Labute approximate surface area is 149 Å². The number of nitrogens with zero attached hydrogens (tertiary/aromatic N) is 1. The van der Waals surface area contributed by atoms with E-state index in [1.54, 1.807) is 0 Å². The van der Waals surface area contributed by atoms with Gasteiger partial charge in [-0.05, 0) is 36.8 Å². The van der Waals surface area contributed by atoms with Crippen LogP contribution < -0.4 is 14.4 Å². The summed E-state index contributed by atoms with van der Waals surface area (Å²) in [7, 11) is -3.06. The average molecular weight is 382 g/mol. The van der Waals surface area contributed by atoms with Gasteiger partial charge in [-0.25, -0.2) is 17.2 Å². The number of methoxy groups -OCH3 is 1. The standard InChI is InChI=1S/C17H16F2N2O4S/c1-25-15-8-7-11(10-14(15)21-9-3-6-16(21)22)20-26(23,24)17-12(18)4-2-5-13(17)19/h2,4-5,7-8,10,20H,3,6,9H2,1H3. The molecule has 26 heavy (non-hydrogen) atoms. The van der Waals surface area contributed by atoms with Crippen LogP contribution in [-0.2, 0) is 14.8 Å². The lowest BCUT2D eigenvalue weighted by Crippen LogP contribution is -2.24. The predicted molar refractivity (Wildman–Crippen MR) is 91.7 cm³/mol. The van der Waals surface area contributed by atoms with E-state index in [1.807, 2.05) is 0 Å². The SMILES string of the molecule is COc1ccc(NS(=O)(=O)c2c(F)cccc2F)cc1N1CCCC1=O. The van der Waals surface area contributed by atoms with Gasteiger partial charge in [0.05, 0.1) is 18.5 Å². The number of sulfonamides is 1. The van der Waals surface area contributed by atoms with Crippen molar-refractivity contribution in [1.82, 2.24) is 0 Å². The van der Waals surface area contributed by atoms with Crippen LogP contribution in [0.2, 0.25) is 0 Å². The van der Waals surface area contributed by atoms with Gasteiger partial charge in [-0.2, -0.15) is 0 Å². The second-order valence-electron chi connectivity index (χ2n) is 5.69. The zero-order valence-corrected chi connectivity index (χ0v) is 14.6. The zero-order chi connectivity index (χ0) is 18.9. The maximum Gasteiger partial charge on any atom is 0.267 e. The molecule has 0 spiro atoms. The van der Waals surface area contributed by atoms with E-state index in [-0.39, 0.29) is 11.6 Å². The molecule has 2 aromatic rings. The van der Waals surface area contributed by atoms with Gasteiger partial charge in [-0.1, -0.05) is 6.07 Å². The van der Waals surface area contributed by atoms with E-state index < -0.39 is 26.6 Å². The molecule has 1 amide bonds. The summed E-state index contributed by atoms with van der Waals surface area (Å²) in [5.41, 5.74) is 0.451. The fourth-order valence-electron chi connectivity index (χ4n) is 2.81. The summed E-state index contributed by atoms with van der Waals surface area (Å²) >= 11 is 0. The normalized spacial score (nSPS) is 14.6. The first kappa shape index (κ1) is 18.1. The Balaban J connectivity index is 1.99. The number of rotatable bonds is 5. The Hall–Kier alpha value is -2.68. The minimum Gasteiger partial charge on any atom is -0.495 e. The summed E-state index contributed by atoms with van der Waals surface area (Å²) in [5, 5.41) is 0. The molecule has 0 bridgehead atoms. The van der Waals surface area contributed by atoms with E-state index in [9.17, 15) is 22.0 Å². The lowest BCUT2D eigenvalue weighted by Gasteiger charge is -2.20. The molecule has 1 saturated heterocycles. The highest BCUT2D eigenvalue weighted by Crippen LogP contribution is 2.34. The number of benzene rings is 2. The highest BCUT2D eigenvalue weighted by atomic mass is 32.2. The fourth-order valence-corrected chi connectivity index (χ4v) is 4.00. The van der Waals surface area contributed by atoms with Crippen LogP contribution in [0.25, 0.3) is 0 Å². The molecule has 1 aliphatic heterocycles. The molecule has 0 radical (unpaired) electrons. The Morgan fingerprint density at radius 2 is 1.85 bits per heavy atom. The number of carbonyl (C=O) groups is 1. The van der Waals surface area contributed by atoms with Crippen molar-refractivity contribution in [3.05, 3.63) is 48.0 Å². The molecule has 1 N–H and O–H groups in total. The molecule has 0 aliphatic carbocycles. The molecule has 0 aromatic heterocycles. The molecule has 0 atom stereocenters. The lowest BCUT2D eigenvalue weighted by molar-refractivity contribution is -0.117. The van der Waals surface area contributed by atoms with E-state index in [0.717, 1.165) is 18.2 Å². The molecule has 6 nitrogen and oxygen atoms in total. The lowest BCUT2D eigenvalue weighted by atomic mass is 10.2. The molecule has 1 heterocycles. The van der Waals surface area contributed by atoms with Crippen molar-refractivity contribution in [2.45, 2.75) is 17.7 Å². The first-order valence-electron chi connectivity index (χ1n) is 7.79. The summed E-state index contributed by atoms with van der Waals surface area (Å²) in [6.45, 7) is 0.480. The second-order valence-corrected chi connectivity index (χ2v) is 7.31. The van der Waals surface area contributed by atoms with Crippen molar-refractivity contribution in [2.75, 3.05) is 23.3 Å². The first-order valence-corrected chi connectivity index (χ1v) is 9.27. The third-order valence-corrected chi connectivity index (χ3v) is 5.41. The van der Waals surface area contributed by atoms with Gasteiger partial charge in [-0.3, -0.25) is 9.52 Å². The maximum absolute atomic E-state index is 13.8. The number of ether oxygens (including phenoxy) is 1. The molecule has 1 fully saturated rings. The van der Waals surface area contributed by atoms with E-state index in [4.69, 9.17) is 4.74 Å². The Kier molecular flexibility index (Phi) is 4.82. The summed E-state index contributed by atoms with van der Waals surface area (Å²) in [6, 6.07) is 7.07. The van der Waals surface area contributed by atoms with Crippen molar-refractivity contribution in [3.63, 3.8) is 0 Å². The summed E-state index contributed by atoms with van der Waals surface area (Å²) < 4.78 is 59.8. The molecule has 0 unspecified atom stereocenters. The van der Waals surface area contributed by atoms with E-state index >= 15 is 0 Å². The maximum atomic E-state index is 13.8. The molecule has 3 rings (SSSR count). The van der Waals surface area contributed by atoms with Crippen LogP contribution in [0.5, 0.6) is 5.75 Å². The summed E-state index contributed by atoms with van der Waals surface area (Å²) in [4.78, 5) is 12.4. The van der Waals surface area contributed by atoms with Crippen molar-refractivity contribution >= 4 is 27.3 Å². The molecule has 0 saturated carbocycles. The van der Waals surface area contributed by atoms with Crippen molar-refractivity contribution < 1.29 is 26.7 Å². The largest absolute Gasteiger partial charge is 0.495 e. The van der Waals surface area contributed by atoms with Crippen molar-refractivity contribution in [3.8, 4) is 5.75 Å². The third kappa shape index (κ3) is 3.34. The zero-order valence-electron chi connectivity index (χ0n) is 13.8. The van der Waals surface area contributed by atoms with Gasteiger partial charge < -0.3 is 9.64 Å². The predicted octanol–water partition coefficient (Wildman–Crippen LogP) is 2.90. The van der Waals surface area contributed by atoms with Gasteiger partial charge in [0.15, 0.2) is 4.90 Å². The molecular weight excluding hydrogens is 366 g/mol. The van der Waals surface area contributed by atoms with E-state index in [1.165, 1.54) is 30.2 Å². The van der Waals surface area contributed by atoms with Gasteiger partial charge in [0.1, 0.15) is 17.4 Å². The molecule has 9 heteroatoms. The average Bonchev–Trinajstić information content (AvgIpc) is 3.00. The number of carbonyl (C=O) groups excluding carboxylic acids is 1. The van der Waals surface area contributed by atoms with Crippen LogP contribution in [-0.4, -0.2) is 28.0 Å². The third-order valence-electron chi connectivity index (χ3n) is 3.98. The topological polar surface area (TPSA) is 75.7 Å². The van der Waals surface area contributed by atoms with Crippen LogP contribution in [0, 0.1) is 11.6 Å². The smallest absolute Gasteiger partial charge is 0.267 e. The van der Waals surface area contributed by atoms with Gasteiger partial charge >= 0.3 is 0 Å². The van der Waals surface area contributed by atoms with Gasteiger partial charge in [0.2, 0.25) is 5.91 Å². The Bertz CT molecular complexity index is 943. The molecule has 1 aliphatic rings. The number of hydrogen-bond acceptors (Lipinski definition) is 4. The number of anilines is 2. The monoisotopic (exact) mass is 382 g/mol. The molecule has 138 valence electrons. The van der Waals surface area contributed by atoms with Crippen molar-refractivity contribution in [2.24, 2.45) is 0 Å². The molecule has 2 aromatic carbocycles. The summed E-state index contributed by atoms with van der Waals surface area (Å²) in [6.07, 6.45) is 1.07. The van der Waals surface area contributed by atoms with Crippen LogP contribution in [0.1, 0.15) is 12.8 Å². The number of nitrogens with one attached hydrogen (secondary N) is 1. The number of halogens is 2. The van der Waals surface area contributed by atoms with Crippen molar-refractivity contribution in [1.29, 1.82) is 0 Å². The highest BCUT2D eigenvalue weighted by molar-refractivity contribution is 7.92. The molecular formula is C17H16F2N2O4S. The van der Waals surface area contributed by atoms with E-state index in [2.05, 4.69) is 4.72 Å². The number of hydrogen-bond donors (Lipinski definition) is 1. The van der Waals surface area contributed by atoms with Crippen LogP contribution >= 0.6 is 0 Å². The van der Waals surface area contributed by atoms with Crippen LogP contribution in [0.4, 0.5) is 20.2 Å². The highest BCUT2D eigenvalue weighted by Gasteiger charge is 2.27. The quantitative estimate of drug-likeness (QED) is 0.863.